The highest BCUT2D eigenvalue weighted by Crippen LogP contribution is 2.49. The Bertz CT molecular complexity index is 817. The molecule has 0 aromatic heterocycles. The van der Waals surface area contributed by atoms with Crippen LogP contribution in [0.4, 0.5) is 13.2 Å². The molecule has 0 saturated heterocycles. The molecule has 0 aliphatic heterocycles. The summed E-state index contributed by atoms with van der Waals surface area (Å²) in [6.45, 7) is -0.184. The van der Waals surface area contributed by atoms with E-state index in [0.717, 1.165) is 22.8 Å². The lowest BCUT2D eigenvalue weighted by Crippen LogP contribution is -2.37. The van der Waals surface area contributed by atoms with Crippen molar-refractivity contribution in [3.05, 3.63) is 48.0 Å². The van der Waals surface area contributed by atoms with Gasteiger partial charge in [-0.25, -0.2) is 13.1 Å². The SMILES string of the molecule is O=S(=O)(NCC[C@@H]1C[C@H]1c1ccc2ccccc2c1)C(F)(F)F. The molecule has 0 heterocycles. The summed E-state index contributed by atoms with van der Waals surface area (Å²) >= 11 is 0. The third-order valence-electron chi connectivity index (χ3n) is 4.24. The average molecular weight is 343 g/mol. The third-order valence-corrected chi connectivity index (χ3v) is 5.43. The Kier molecular flexibility index (Phi) is 4.10. The highest BCUT2D eigenvalue weighted by molar-refractivity contribution is 7.90. The van der Waals surface area contributed by atoms with Crippen molar-refractivity contribution in [3.63, 3.8) is 0 Å². The van der Waals surface area contributed by atoms with E-state index in [-0.39, 0.29) is 12.5 Å². The number of rotatable bonds is 5. The fourth-order valence-corrected chi connectivity index (χ4v) is 3.42. The van der Waals surface area contributed by atoms with Crippen molar-refractivity contribution in [2.75, 3.05) is 6.54 Å². The minimum absolute atomic E-state index is 0.184. The van der Waals surface area contributed by atoms with Crippen LogP contribution < -0.4 is 4.72 Å². The lowest BCUT2D eigenvalue weighted by atomic mass is 10.0. The molecule has 7 heteroatoms. The molecule has 23 heavy (non-hydrogen) atoms. The van der Waals surface area contributed by atoms with E-state index in [1.54, 1.807) is 4.72 Å². The topological polar surface area (TPSA) is 46.2 Å². The highest BCUT2D eigenvalue weighted by atomic mass is 32.2. The number of hydrogen-bond acceptors (Lipinski definition) is 2. The number of sulfonamides is 1. The molecule has 0 unspecified atom stereocenters. The predicted molar refractivity (Wildman–Crippen MR) is 82.4 cm³/mol. The van der Waals surface area contributed by atoms with Gasteiger partial charge in [0.25, 0.3) is 0 Å². The maximum atomic E-state index is 12.2. The summed E-state index contributed by atoms with van der Waals surface area (Å²) in [6, 6.07) is 14.1. The van der Waals surface area contributed by atoms with Crippen molar-refractivity contribution in [2.45, 2.75) is 24.3 Å². The van der Waals surface area contributed by atoms with E-state index < -0.39 is 15.5 Å². The van der Waals surface area contributed by atoms with Gasteiger partial charge in [0.1, 0.15) is 0 Å². The molecule has 124 valence electrons. The summed E-state index contributed by atoms with van der Waals surface area (Å²) in [6.07, 6.45) is 1.29. The summed E-state index contributed by atoms with van der Waals surface area (Å²) in [5, 5.41) is 2.28. The van der Waals surface area contributed by atoms with Gasteiger partial charge in [-0.2, -0.15) is 13.2 Å². The predicted octanol–water partition coefficient (Wildman–Crippen LogP) is 3.77. The minimum atomic E-state index is -5.24. The van der Waals surface area contributed by atoms with Crippen LogP contribution in [0, 0.1) is 5.92 Å². The van der Waals surface area contributed by atoms with Gasteiger partial charge < -0.3 is 0 Å². The van der Waals surface area contributed by atoms with E-state index in [4.69, 9.17) is 0 Å². The first-order chi connectivity index (χ1) is 10.8. The first kappa shape index (κ1) is 16.3. The number of benzene rings is 2. The van der Waals surface area contributed by atoms with E-state index in [2.05, 4.69) is 6.07 Å². The minimum Gasteiger partial charge on any atom is -0.207 e. The van der Waals surface area contributed by atoms with Crippen LogP contribution in [0.3, 0.4) is 0 Å². The maximum absolute atomic E-state index is 12.2. The molecule has 0 spiro atoms. The highest BCUT2D eigenvalue weighted by Gasteiger charge is 2.46. The number of fused-ring (bicyclic) bond motifs is 1. The summed E-state index contributed by atoms with van der Waals surface area (Å²) in [7, 11) is -5.23. The average Bonchev–Trinajstić information content (AvgIpc) is 3.25. The van der Waals surface area contributed by atoms with Crippen molar-refractivity contribution in [1.29, 1.82) is 0 Å². The van der Waals surface area contributed by atoms with Crippen LogP contribution in [0.25, 0.3) is 10.8 Å². The monoisotopic (exact) mass is 343 g/mol. The van der Waals surface area contributed by atoms with Crippen LogP contribution in [0.15, 0.2) is 42.5 Å². The third kappa shape index (κ3) is 3.50. The van der Waals surface area contributed by atoms with Crippen LogP contribution in [0.1, 0.15) is 24.3 Å². The smallest absolute Gasteiger partial charge is 0.207 e. The van der Waals surface area contributed by atoms with Crippen molar-refractivity contribution < 1.29 is 21.6 Å². The Morgan fingerprint density at radius 2 is 1.78 bits per heavy atom. The van der Waals surface area contributed by atoms with Gasteiger partial charge in [-0.3, -0.25) is 0 Å². The molecule has 2 aromatic carbocycles. The first-order valence-corrected chi connectivity index (χ1v) is 8.81. The Balaban J connectivity index is 1.57. The van der Waals surface area contributed by atoms with E-state index in [1.807, 2.05) is 36.4 Å². The molecule has 1 aliphatic rings. The second-order valence-electron chi connectivity index (χ2n) is 5.84. The van der Waals surface area contributed by atoms with Crippen molar-refractivity contribution in [1.82, 2.24) is 4.72 Å². The van der Waals surface area contributed by atoms with E-state index in [1.165, 1.54) is 0 Å². The lowest BCUT2D eigenvalue weighted by molar-refractivity contribution is -0.0447. The zero-order valence-corrected chi connectivity index (χ0v) is 13.0. The van der Waals surface area contributed by atoms with Crippen LogP contribution >= 0.6 is 0 Å². The number of hydrogen-bond donors (Lipinski definition) is 1. The Morgan fingerprint density at radius 1 is 1.09 bits per heavy atom. The molecule has 3 rings (SSSR count). The molecule has 0 radical (unpaired) electrons. The van der Waals surface area contributed by atoms with E-state index in [9.17, 15) is 21.6 Å². The Labute approximate surface area is 132 Å². The largest absolute Gasteiger partial charge is 0.511 e. The molecular formula is C16H16F3NO2S. The normalized spacial score (nSPS) is 21.5. The molecule has 1 fully saturated rings. The molecule has 3 nitrogen and oxygen atoms in total. The summed E-state index contributed by atoms with van der Waals surface area (Å²) < 4.78 is 60.1. The molecule has 0 amide bonds. The molecule has 1 N–H and O–H groups in total. The Hall–Kier alpha value is -1.60. The fraction of sp³-hybridized carbons (Fsp3) is 0.375. The molecular weight excluding hydrogens is 327 g/mol. The van der Waals surface area contributed by atoms with Gasteiger partial charge in [0.05, 0.1) is 0 Å². The van der Waals surface area contributed by atoms with Crippen molar-refractivity contribution in [3.8, 4) is 0 Å². The van der Waals surface area contributed by atoms with Gasteiger partial charge in [0, 0.05) is 6.54 Å². The van der Waals surface area contributed by atoms with Gasteiger partial charge in [0.15, 0.2) is 0 Å². The van der Waals surface area contributed by atoms with Crippen LogP contribution in [-0.2, 0) is 10.0 Å². The fourth-order valence-electron chi connectivity index (χ4n) is 2.87. The van der Waals surface area contributed by atoms with E-state index in [0.29, 0.717) is 12.3 Å². The van der Waals surface area contributed by atoms with Crippen LogP contribution in [-0.4, -0.2) is 20.5 Å². The van der Waals surface area contributed by atoms with Gasteiger partial charge >= 0.3 is 15.5 Å². The van der Waals surface area contributed by atoms with Crippen molar-refractivity contribution in [2.24, 2.45) is 5.92 Å². The van der Waals surface area contributed by atoms with Gasteiger partial charge in [-0.15, -0.1) is 0 Å². The lowest BCUT2D eigenvalue weighted by Gasteiger charge is -2.09. The zero-order valence-electron chi connectivity index (χ0n) is 12.2. The van der Waals surface area contributed by atoms with Gasteiger partial charge in [0.2, 0.25) is 0 Å². The van der Waals surface area contributed by atoms with Gasteiger partial charge in [-0.05, 0) is 41.0 Å². The Morgan fingerprint density at radius 3 is 2.48 bits per heavy atom. The van der Waals surface area contributed by atoms with Crippen molar-refractivity contribution >= 4 is 20.8 Å². The molecule has 0 bridgehead atoms. The summed E-state index contributed by atoms with van der Waals surface area (Å²) in [4.78, 5) is 0. The quantitative estimate of drug-likeness (QED) is 0.898. The first-order valence-electron chi connectivity index (χ1n) is 7.32. The molecule has 1 saturated carbocycles. The molecule has 1 aliphatic carbocycles. The molecule has 2 aromatic rings. The standard InChI is InChI=1S/C16H16F3NO2S/c17-16(18,19)23(21,22)20-8-7-14-10-15(14)13-6-5-11-3-1-2-4-12(11)9-13/h1-6,9,14-15,20H,7-8,10H2/t14-,15+/m1/s1. The van der Waals surface area contributed by atoms with E-state index >= 15 is 0 Å². The molecule has 2 atom stereocenters. The number of nitrogens with one attached hydrogen (secondary N) is 1. The van der Waals surface area contributed by atoms with Crippen LogP contribution in [0.5, 0.6) is 0 Å². The second kappa shape index (κ2) is 5.79. The summed E-state index contributed by atoms with van der Waals surface area (Å²) in [5.74, 6) is 0.530. The number of alkyl halides is 3. The zero-order chi connectivity index (χ0) is 16.7. The van der Waals surface area contributed by atoms with Gasteiger partial charge in [-0.1, -0.05) is 42.5 Å². The summed E-state index contributed by atoms with van der Waals surface area (Å²) in [5.41, 5.74) is -4.08. The van der Waals surface area contributed by atoms with Crippen LogP contribution in [0.2, 0.25) is 0 Å². The maximum Gasteiger partial charge on any atom is 0.511 e. The number of halogens is 3. The second-order valence-corrected chi connectivity index (χ2v) is 7.60.